The van der Waals surface area contributed by atoms with Gasteiger partial charge < -0.3 is 19.7 Å². The molecule has 2 atom stereocenters. The van der Waals surface area contributed by atoms with E-state index in [2.05, 4.69) is 10.3 Å². The fourth-order valence-electron chi connectivity index (χ4n) is 2.63. The summed E-state index contributed by atoms with van der Waals surface area (Å²) in [6.45, 7) is 5.82. The number of hydrogen-bond acceptors (Lipinski definition) is 5. The molecule has 2 unspecified atom stereocenters. The van der Waals surface area contributed by atoms with Crippen molar-refractivity contribution in [3.63, 3.8) is 0 Å². The number of rotatable bonds is 9. The number of ether oxygens (including phenoxy) is 2. The molecule has 0 bridgehead atoms. The van der Waals surface area contributed by atoms with Gasteiger partial charge in [-0.1, -0.05) is 12.1 Å². The van der Waals surface area contributed by atoms with Crippen molar-refractivity contribution in [2.24, 2.45) is 4.99 Å². The smallest absolute Gasteiger partial charge is 0.194 e. The molecule has 0 spiro atoms. The van der Waals surface area contributed by atoms with E-state index in [1.165, 1.54) is 12.1 Å². The zero-order valence-corrected chi connectivity index (χ0v) is 20.7. The molecule has 1 aromatic heterocycles. The molecular formula is C20H30FIN4O2S. The molecule has 0 radical (unpaired) electrons. The molecule has 1 aromatic carbocycles. The largest absolute Gasteiger partial charge is 0.375 e. The molecule has 6 nitrogen and oxygen atoms in total. The summed E-state index contributed by atoms with van der Waals surface area (Å²) in [5, 5.41) is 6.30. The number of thiazole rings is 1. The van der Waals surface area contributed by atoms with Gasteiger partial charge in [0.15, 0.2) is 5.96 Å². The van der Waals surface area contributed by atoms with Crippen LogP contribution in [-0.4, -0.2) is 50.2 Å². The van der Waals surface area contributed by atoms with Crippen molar-refractivity contribution in [2.75, 3.05) is 34.4 Å². The van der Waals surface area contributed by atoms with E-state index in [1.807, 2.05) is 31.2 Å². The van der Waals surface area contributed by atoms with Gasteiger partial charge in [0.05, 0.1) is 18.8 Å². The van der Waals surface area contributed by atoms with Crippen LogP contribution in [0.2, 0.25) is 0 Å². The first-order valence-corrected chi connectivity index (χ1v) is 10.1. The third kappa shape index (κ3) is 7.80. The topological polar surface area (TPSA) is 59.0 Å². The SMILES string of the molecule is CCNC(=NCC(OC)c1ccc(F)cc1)N(C)Cc1csc(C(C)OC)n1.I. The van der Waals surface area contributed by atoms with Crippen LogP contribution in [0.25, 0.3) is 0 Å². The Morgan fingerprint density at radius 1 is 1.28 bits per heavy atom. The molecule has 9 heteroatoms. The first kappa shape index (κ1) is 25.7. The molecule has 1 heterocycles. The molecule has 2 rings (SSSR count). The van der Waals surface area contributed by atoms with Crippen molar-refractivity contribution < 1.29 is 13.9 Å². The number of nitrogens with one attached hydrogen (secondary N) is 1. The van der Waals surface area contributed by atoms with Crippen molar-refractivity contribution in [1.29, 1.82) is 0 Å². The molecule has 2 aromatic rings. The van der Waals surface area contributed by atoms with Gasteiger partial charge >= 0.3 is 0 Å². The molecule has 0 fully saturated rings. The Morgan fingerprint density at radius 3 is 2.55 bits per heavy atom. The number of hydrogen-bond donors (Lipinski definition) is 1. The number of nitrogens with zero attached hydrogens (tertiary/aromatic N) is 3. The van der Waals surface area contributed by atoms with Crippen LogP contribution < -0.4 is 5.32 Å². The van der Waals surface area contributed by atoms with E-state index in [4.69, 9.17) is 14.5 Å². The predicted octanol–water partition coefficient (Wildman–Crippen LogP) is 4.39. The van der Waals surface area contributed by atoms with E-state index in [9.17, 15) is 4.39 Å². The van der Waals surface area contributed by atoms with Gasteiger partial charge in [-0.2, -0.15) is 0 Å². The van der Waals surface area contributed by atoms with Gasteiger partial charge in [0.25, 0.3) is 0 Å². The molecule has 1 N–H and O–H groups in total. The fourth-order valence-corrected chi connectivity index (χ4v) is 3.48. The molecule has 29 heavy (non-hydrogen) atoms. The van der Waals surface area contributed by atoms with Crippen LogP contribution in [-0.2, 0) is 16.0 Å². The Labute approximate surface area is 193 Å². The second kappa shape index (κ2) is 13.1. The summed E-state index contributed by atoms with van der Waals surface area (Å²) < 4.78 is 24.0. The van der Waals surface area contributed by atoms with E-state index < -0.39 is 0 Å². The van der Waals surface area contributed by atoms with Crippen LogP contribution >= 0.6 is 35.3 Å². The van der Waals surface area contributed by atoms with Crippen LogP contribution in [0.3, 0.4) is 0 Å². The summed E-state index contributed by atoms with van der Waals surface area (Å²) in [7, 11) is 5.29. The maximum Gasteiger partial charge on any atom is 0.194 e. The van der Waals surface area contributed by atoms with E-state index in [1.54, 1.807) is 37.7 Å². The monoisotopic (exact) mass is 536 g/mol. The molecule has 0 saturated carbocycles. The van der Waals surface area contributed by atoms with Crippen molar-refractivity contribution in [3.05, 3.63) is 51.7 Å². The van der Waals surface area contributed by atoms with Crippen molar-refractivity contribution >= 4 is 41.3 Å². The van der Waals surface area contributed by atoms with E-state index in [-0.39, 0.29) is 42.0 Å². The molecule has 0 aliphatic rings. The molecular weight excluding hydrogens is 506 g/mol. The van der Waals surface area contributed by atoms with Crippen LogP contribution in [0.5, 0.6) is 0 Å². The highest BCUT2D eigenvalue weighted by Crippen LogP contribution is 2.21. The number of guanidine groups is 1. The van der Waals surface area contributed by atoms with Crippen molar-refractivity contribution in [2.45, 2.75) is 32.6 Å². The zero-order valence-electron chi connectivity index (χ0n) is 17.5. The molecule has 0 aliphatic heterocycles. The minimum Gasteiger partial charge on any atom is -0.375 e. The summed E-state index contributed by atoms with van der Waals surface area (Å²) in [4.78, 5) is 11.4. The highest BCUT2D eigenvalue weighted by atomic mass is 127. The third-order valence-corrected chi connectivity index (χ3v) is 5.35. The van der Waals surface area contributed by atoms with Crippen LogP contribution in [0, 0.1) is 5.82 Å². The second-order valence-corrected chi connectivity index (χ2v) is 7.27. The number of methoxy groups -OCH3 is 2. The van der Waals surface area contributed by atoms with E-state index >= 15 is 0 Å². The first-order chi connectivity index (χ1) is 13.5. The second-order valence-electron chi connectivity index (χ2n) is 6.38. The summed E-state index contributed by atoms with van der Waals surface area (Å²) in [6, 6.07) is 6.32. The Hall–Kier alpha value is -1.30. The van der Waals surface area contributed by atoms with Gasteiger partial charge in [-0.25, -0.2) is 9.37 Å². The summed E-state index contributed by atoms with van der Waals surface area (Å²) in [5.74, 6) is 0.501. The zero-order chi connectivity index (χ0) is 20.5. The normalized spacial score (nSPS) is 13.5. The summed E-state index contributed by atoms with van der Waals surface area (Å²) in [5.41, 5.74) is 1.86. The lowest BCUT2D eigenvalue weighted by Gasteiger charge is -2.22. The van der Waals surface area contributed by atoms with Gasteiger partial charge in [0.2, 0.25) is 0 Å². The quantitative estimate of drug-likeness (QED) is 0.293. The third-order valence-electron chi connectivity index (χ3n) is 4.30. The minimum atomic E-state index is -0.263. The van der Waals surface area contributed by atoms with Gasteiger partial charge in [0.1, 0.15) is 23.0 Å². The standard InChI is InChI=1S/C20H29FN4O2S.HI/c1-6-22-20(23-11-18(27-5)15-7-9-16(21)10-8-15)25(3)12-17-13-28-19(24-17)14(2)26-4;/h7-10,13-14,18H,6,11-12H2,1-5H3,(H,22,23);1H. The summed E-state index contributed by atoms with van der Waals surface area (Å²) in [6.07, 6.45) is -0.250. The van der Waals surface area contributed by atoms with Gasteiger partial charge in [-0.15, -0.1) is 35.3 Å². The Bertz CT molecular complexity index is 757. The van der Waals surface area contributed by atoms with E-state index in [0.717, 1.165) is 28.8 Å². The van der Waals surface area contributed by atoms with Gasteiger partial charge in [-0.05, 0) is 31.5 Å². The number of aromatic nitrogens is 1. The maximum atomic E-state index is 13.2. The molecule has 162 valence electrons. The Morgan fingerprint density at radius 2 is 1.97 bits per heavy atom. The van der Waals surface area contributed by atoms with Crippen molar-refractivity contribution in [1.82, 2.24) is 15.2 Å². The first-order valence-electron chi connectivity index (χ1n) is 9.23. The van der Waals surface area contributed by atoms with E-state index in [0.29, 0.717) is 13.1 Å². The lowest BCUT2D eigenvalue weighted by Crippen LogP contribution is -2.39. The van der Waals surface area contributed by atoms with Crippen LogP contribution in [0.4, 0.5) is 4.39 Å². The fraction of sp³-hybridized carbons (Fsp3) is 0.500. The van der Waals surface area contributed by atoms with Crippen molar-refractivity contribution in [3.8, 4) is 0 Å². The Kier molecular flexibility index (Phi) is 11.6. The number of benzene rings is 1. The minimum absolute atomic E-state index is 0. The van der Waals surface area contributed by atoms with Gasteiger partial charge in [-0.3, -0.25) is 4.99 Å². The highest BCUT2D eigenvalue weighted by Gasteiger charge is 2.14. The summed E-state index contributed by atoms with van der Waals surface area (Å²) >= 11 is 1.60. The molecule has 0 aliphatic carbocycles. The lowest BCUT2D eigenvalue weighted by molar-refractivity contribution is 0.110. The average molecular weight is 536 g/mol. The average Bonchev–Trinajstić information content (AvgIpc) is 3.16. The lowest BCUT2D eigenvalue weighted by atomic mass is 10.1. The maximum absolute atomic E-state index is 13.2. The van der Waals surface area contributed by atoms with Crippen LogP contribution in [0.15, 0.2) is 34.6 Å². The van der Waals surface area contributed by atoms with Gasteiger partial charge in [0, 0.05) is 33.2 Å². The predicted molar refractivity (Wildman–Crippen MR) is 127 cm³/mol. The molecule has 0 saturated heterocycles. The number of halogens is 2. The number of aliphatic imine (C=N–C) groups is 1. The molecule has 0 amide bonds. The Balaban J connectivity index is 0.00000420. The van der Waals surface area contributed by atoms with Crippen LogP contribution in [0.1, 0.15) is 42.3 Å². The highest BCUT2D eigenvalue weighted by molar-refractivity contribution is 14.0.